The minimum Gasteiger partial charge on any atom is -0.342 e. The molecular formula is C14H21N3O2S. The smallest absolute Gasteiger partial charge is 0.246 e. The number of aromatic nitrogens is 1. The van der Waals surface area contributed by atoms with E-state index in [2.05, 4.69) is 10.3 Å². The third-order valence-electron chi connectivity index (χ3n) is 3.68. The standard InChI is InChI=1S/C14H21N3O2S/c1-8(2)11-12(18)17(14(4,5)13(19)16-11)6-10-15-9(3)7-20-10/h7-8,11H,6H2,1-5H3,(H,16,19). The second kappa shape index (κ2) is 5.16. The maximum atomic E-state index is 12.6. The molecule has 0 bridgehead atoms. The number of nitrogens with one attached hydrogen (secondary N) is 1. The third-order valence-corrected chi connectivity index (χ3v) is 4.63. The molecular weight excluding hydrogens is 274 g/mol. The molecule has 2 amide bonds. The first kappa shape index (κ1) is 15.0. The van der Waals surface area contributed by atoms with Crippen LogP contribution in [-0.2, 0) is 16.1 Å². The van der Waals surface area contributed by atoms with Crippen molar-refractivity contribution in [3.8, 4) is 0 Å². The summed E-state index contributed by atoms with van der Waals surface area (Å²) in [5, 5.41) is 5.65. The molecule has 0 aromatic carbocycles. The zero-order valence-electron chi connectivity index (χ0n) is 12.6. The molecule has 110 valence electrons. The van der Waals surface area contributed by atoms with Crippen LogP contribution in [-0.4, -0.2) is 33.3 Å². The van der Waals surface area contributed by atoms with Crippen LogP contribution in [0, 0.1) is 12.8 Å². The van der Waals surface area contributed by atoms with Crippen molar-refractivity contribution in [3.63, 3.8) is 0 Å². The van der Waals surface area contributed by atoms with Gasteiger partial charge in [-0.25, -0.2) is 4.98 Å². The highest BCUT2D eigenvalue weighted by atomic mass is 32.1. The minimum absolute atomic E-state index is 0.0301. The van der Waals surface area contributed by atoms with E-state index in [4.69, 9.17) is 0 Å². The van der Waals surface area contributed by atoms with Crippen LogP contribution < -0.4 is 5.32 Å². The zero-order valence-corrected chi connectivity index (χ0v) is 13.4. The summed E-state index contributed by atoms with van der Waals surface area (Å²) in [6.07, 6.45) is 0. The minimum atomic E-state index is -0.845. The number of piperazine rings is 1. The first-order valence-electron chi connectivity index (χ1n) is 6.77. The quantitative estimate of drug-likeness (QED) is 0.923. The highest BCUT2D eigenvalue weighted by Gasteiger charge is 2.47. The van der Waals surface area contributed by atoms with E-state index in [1.165, 1.54) is 11.3 Å². The van der Waals surface area contributed by atoms with E-state index in [1.54, 1.807) is 18.7 Å². The Morgan fingerprint density at radius 3 is 2.60 bits per heavy atom. The lowest BCUT2D eigenvalue weighted by molar-refractivity contribution is -0.157. The molecule has 0 saturated carbocycles. The molecule has 1 aliphatic heterocycles. The van der Waals surface area contributed by atoms with Crippen LogP contribution >= 0.6 is 11.3 Å². The van der Waals surface area contributed by atoms with E-state index in [-0.39, 0.29) is 17.7 Å². The van der Waals surface area contributed by atoms with Crippen molar-refractivity contribution in [2.24, 2.45) is 5.92 Å². The number of nitrogens with zero attached hydrogens (tertiary/aromatic N) is 2. The van der Waals surface area contributed by atoms with Crippen molar-refractivity contribution in [1.82, 2.24) is 15.2 Å². The molecule has 1 unspecified atom stereocenters. The fourth-order valence-electron chi connectivity index (χ4n) is 2.28. The second-order valence-corrected chi connectivity index (χ2v) is 7.00. The highest BCUT2D eigenvalue weighted by molar-refractivity contribution is 7.09. The molecule has 1 N–H and O–H groups in total. The van der Waals surface area contributed by atoms with Crippen molar-refractivity contribution in [3.05, 3.63) is 16.1 Å². The Labute approximate surface area is 123 Å². The van der Waals surface area contributed by atoms with Gasteiger partial charge in [0.1, 0.15) is 16.6 Å². The van der Waals surface area contributed by atoms with Crippen LogP contribution in [0.15, 0.2) is 5.38 Å². The van der Waals surface area contributed by atoms with E-state index in [1.807, 2.05) is 26.2 Å². The highest BCUT2D eigenvalue weighted by Crippen LogP contribution is 2.26. The second-order valence-electron chi connectivity index (χ2n) is 6.06. The van der Waals surface area contributed by atoms with Gasteiger partial charge in [-0.3, -0.25) is 9.59 Å². The van der Waals surface area contributed by atoms with E-state index in [9.17, 15) is 9.59 Å². The van der Waals surface area contributed by atoms with Gasteiger partial charge in [-0.2, -0.15) is 0 Å². The molecule has 1 aromatic heterocycles. The van der Waals surface area contributed by atoms with Gasteiger partial charge in [-0.1, -0.05) is 13.8 Å². The summed E-state index contributed by atoms with van der Waals surface area (Å²) in [6, 6.07) is -0.448. The maximum absolute atomic E-state index is 12.6. The molecule has 20 heavy (non-hydrogen) atoms. The van der Waals surface area contributed by atoms with Gasteiger partial charge in [-0.15, -0.1) is 11.3 Å². The topological polar surface area (TPSA) is 62.3 Å². The molecule has 1 aromatic rings. The molecule has 1 atom stereocenters. The maximum Gasteiger partial charge on any atom is 0.246 e. The van der Waals surface area contributed by atoms with Crippen molar-refractivity contribution in [2.45, 2.75) is 52.7 Å². The predicted octanol–water partition coefficient (Wildman–Crippen LogP) is 1.71. The van der Waals surface area contributed by atoms with E-state index in [0.717, 1.165) is 10.7 Å². The van der Waals surface area contributed by atoms with Crippen LogP contribution in [0.2, 0.25) is 0 Å². The van der Waals surface area contributed by atoms with E-state index >= 15 is 0 Å². The zero-order chi connectivity index (χ0) is 15.1. The van der Waals surface area contributed by atoms with Crippen LogP contribution in [0.25, 0.3) is 0 Å². The average molecular weight is 295 g/mol. The summed E-state index contributed by atoms with van der Waals surface area (Å²) in [4.78, 5) is 30.9. The lowest BCUT2D eigenvalue weighted by atomic mass is 9.91. The van der Waals surface area contributed by atoms with Gasteiger partial charge < -0.3 is 10.2 Å². The number of rotatable bonds is 3. The number of aryl methyl sites for hydroxylation is 1. The largest absolute Gasteiger partial charge is 0.342 e. The molecule has 1 aliphatic rings. The molecule has 1 saturated heterocycles. The number of hydrogen-bond acceptors (Lipinski definition) is 4. The molecule has 0 spiro atoms. The number of thiazole rings is 1. The molecule has 2 rings (SSSR count). The fraction of sp³-hybridized carbons (Fsp3) is 0.643. The van der Waals surface area contributed by atoms with Crippen molar-refractivity contribution in [2.75, 3.05) is 0 Å². The fourth-order valence-corrected chi connectivity index (χ4v) is 3.04. The van der Waals surface area contributed by atoms with Crippen LogP contribution in [0.3, 0.4) is 0 Å². The first-order valence-corrected chi connectivity index (χ1v) is 7.65. The van der Waals surface area contributed by atoms with Gasteiger partial charge in [0.15, 0.2) is 0 Å². The van der Waals surface area contributed by atoms with Crippen molar-refractivity contribution in [1.29, 1.82) is 0 Å². The van der Waals surface area contributed by atoms with Gasteiger partial charge in [-0.05, 0) is 26.7 Å². The van der Waals surface area contributed by atoms with Crippen LogP contribution in [0.4, 0.5) is 0 Å². The summed E-state index contributed by atoms with van der Waals surface area (Å²) in [6.45, 7) is 9.74. The monoisotopic (exact) mass is 295 g/mol. The summed E-state index contributed by atoms with van der Waals surface area (Å²) in [5.74, 6) is -0.0652. The lowest BCUT2D eigenvalue weighted by Crippen LogP contribution is -2.69. The molecule has 6 heteroatoms. The van der Waals surface area contributed by atoms with Gasteiger partial charge >= 0.3 is 0 Å². The van der Waals surface area contributed by atoms with E-state index in [0.29, 0.717) is 6.54 Å². The Balaban J connectivity index is 2.30. The predicted molar refractivity (Wildman–Crippen MR) is 78.2 cm³/mol. The van der Waals surface area contributed by atoms with Crippen molar-refractivity contribution >= 4 is 23.2 Å². The Morgan fingerprint density at radius 2 is 2.10 bits per heavy atom. The van der Waals surface area contributed by atoms with Gasteiger partial charge in [0.05, 0.1) is 6.54 Å². The Bertz CT molecular complexity index is 536. The molecule has 0 radical (unpaired) electrons. The number of carbonyl (C=O) groups is 2. The van der Waals surface area contributed by atoms with Crippen molar-refractivity contribution < 1.29 is 9.59 Å². The average Bonchev–Trinajstić information content (AvgIpc) is 2.75. The number of amides is 2. The Morgan fingerprint density at radius 1 is 1.45 bits per heavy atom. The van der Waals surface area contributed by atoms with Crippen LogP contribution in [0.1, 0.15) is 38.4 Å². The molecule has 1 fully saturated rings. The SMILES string of the molecule is Cc1csc(CN2C(=O)C(C(C)C)NC(=O)C2(C)C)n1. The Hall–Kier alpha value is -1.43. The normalized spacial score (nSPS) is 22.3. The van der Waals surface area contributed by atoms with Gasteiger partial charge in [0.25, 0.3) is 0 Å². The van der Waals surface area contributed by atoms with Gasteiger partial charge in [0, 0.05) is 11.1 Å². The van der Waals surface area contributed by atoms with E-state index < -0.39 is 11.6 Å². The van der Waals surface area contributed by atoms with Gasteiger partial charge in [0.2, 0.25) is 11.8 Å². The first-order chi connectivity index (χ1) is 9.23. The third kappa shape index (κ3) is 2.57. The molecule has 5 nitrogen and oxygen atoms in total. The summed E-state index contributed by atoms with van der Waals surface area (Å²) < 4.78 is 0. The Kier molecular flexibility index (Phi) is 3.86. The molecule has 2 heterocycles. The van der Waals surface area contributed by atoms with Crippen LogP contribution in [0.5, 0.6) is 0 Å². The number of carbonyl (C=O) groups excluding carboxylic acids is 2. The summed E-state index contributed by atoms with van der Waals surface area (Å²) in [5.41, 5.74) is 0.0966. The summed E-state index contributed by atoms with van der Waals surface area (Å²) >= 11 is 1.52. The number of hydrogen-bond donors (Lipinski definition) is 1. The molecule has 0 aliphatic carbocycles. The lowest BCUT2D eigenvalue weighted by Gasteiger charge is -2.44. The summed E-state index contributed by atoms with van der Waals surface area (Å²) in [7, 11) is 0.